The van der Waals surface area contributed by atoms with E-state index in [4.69, 9.17) is 14.2 Å². The molecule has 6 heteroatoms. The predicted octanol–water partition coefficient (Wildman–Crippen LogP) is 3.65. The number of hydrogen-bond donors (Lipinski definition) is 1. The lowest BCUT2D eigenvalue weighted by atomic mass is 10.2. The molecule has 0 radical (unpaired) electrons. The van der Waals surface area contributed by atoms with Crippen molar-refractivity contribution in [3.8, 4) is 17.2 Å². The smallest absolute Gasteiger partial charge is 0.271 e. The molecule has 138 valence electrons. The first-order valence-electron chi connectivity index (χ1n) is 8.63. The standard InChI is InChI=1S/C20H24N2O4/c1-4-24-17-10-7-15(8-11-17)20(23)22-21-14-16-9-12-18(25-5-2)13-19(16)26-6-3/h7-14H,4-6H2,1-3H3,(H,22,23)/b21-14-. The minimum absolute atomic E-state index is 0.298. The van der Waals surface area contributed by atoms with Crippen molar-refractivity contribution in [3.05, 3.63) is 53.6 Å². The SMILES string of the molecule is CCOc1ccc(C(=O)N/N=C\c2ccc(OCC)cc2OCC)cc1. The first kappa shape index (κ1) is 19.3. The van der Waals surface area contributed by atoms with E-state index < -0.39 is 0 Å². The highest BCUT2D eigenvalue weighted by Crippen LogP contribution is 2.24. The van der Waals surface area contributed by atoms with Gasteiger partial charge in [0.05, 0.1) is 26.0 Å². The van der Waals surface area contributed by atoms with E-state index in [9.17, 15) is 4.79 Å². The molecule has 2 aromatic carbocycles. The minimum Gasteiger partial charge on any atom is -0.494 e. The lowest BCUT2D eigenvalue weighted by Gasteiger charge is -2.10. The maximum atomic E-state index is 12.1. The Labute approximate surface area is 153 Å². The van der Waals surface area contributed by atoms with E-state index in [1.54, 1.807) is 30.5 Å². The van der Waals surface area contributed by atoms with E-state index in [0.717, 1.165) is 17.1 Å². The average Bonchev–Trinajstić information content (AvgIpc) is 2.65. The quantitative estimate of drug-likeness (QED) is 0.550. The lowest BCUT2D eigenvalue weighted by Crippen LogP contribution is -2.17. The van der Waals surface area contributed by atoms with Gasteiger partial charge in [0.1, 0.15) is 17.2 Å². The van der Waals surface area contributed by atoms with E-state index in [2.05, 4.69) is 10.5 Å². The fraction of sp³-hybridized carbons (Fsp3) is 0.300. The molecule has 1 amide bonds. The van der Waals surface area contributed by atoms with E-state index >= 15 is 0 Å². The van der Waals surface area contributed by atoms with Gasteiger partial charge < -0.3 is 14.2 Å². The number of benzene rings is 2. The summed E-state index contributed by atoms with van der Waals surface area (Å²) in [6.45, 7) is 7.42. The zero-order valence-corrected chi connectivity index (χ0v) is 15.3. The second kappa shape index (κ2) is 10.1. The van der Waals surface area contributed by atoms with Gasteiger partial charge >= 0.3 is 0 Å². The van der Waals surface area contributed by atoms with E-state index in [0.29, 0.717) is 31.1 Å². The van der Waals surface area contributed by atoms with Gasteiger partial charge in [-0.1, -0.05) is 0 Å². The zero-order chi connectivity index (χ0) is 18.8. The maximum Gasteiger partial charge on any atom is 0.271 e. The molecule has 0 saturated carbocycles. The summed E-state index contributed by atoms with van der Waals surface area (Å²) < 4.78 is 16.4. The van der Waals surface area contributed by atoms with Gasteiger partial charge in [-0.2, -0.15) is 5.10 Å². The van der Waals surface area contributed by atoms with Crippen LogP contribution in [-0.4, -0.2) is 31.9 Å². The minimum atomic E-state index is -0.298. The van der Waals surface area contributed by atoms with Crippen molar-refractivity contribution >= 4 is 12.1 Å². The fourth-order valence-corrected chi connectivity index (χ4v) is 2.25. The summed E-state index contributed by atoms with van der Waals surface area (Å²) in [7, 11) is 0. The third-order valence-electron chi connectivity index (χ3n) is 3.39. The summed E-state index contributed by atoms with van der Waals surface area (Å²) in [6.07, 6.45) is 1.55. The maximum absolute atomic E-state index is 12.1. The number of hydrogen-bond acceptors (Lipinski definition) is 5. The molecule has 1 N–H and O–H groups in total. The normalized spacial score (nSPS) is 10.6. The fourth-order valence-electron chi connectivity index (χ4n) is 2.25. The van der Waals surface area contributed by atoms with E-state index in [1.165, 1.54) is 0 Å². The Morgan fingerprint density at radius 1 is 0.923 bits per heavy atom. The van der Waals surface area contributed by atoms with Gasteiger partial charge in [-0.25, -0.2) is 5.43 Å². The Morgan fingerprint density at radius 3 is 2.19 bits per heavy atom. The Hall–Kier alpha value is -3.02. The van der Waals surface area contributed by atoms with Gasteiger partial charge in [-0.3, -0.25) is 4.79 Å². The van der Waals surface area contributed by atoms with Gasteiger partial charge in [0, 0.05) is 17.2 Å². The van der Waals surface area contributed by atoms with Crippen LogP contribution in [0.25, 0.3) is 0 Å². The highest BCUT2D eigenvalue weighted by molar-refractivity contribution is 5.95. The van der Waals surface area contributed by atoms with Crippen LogP contribution in [0.4, 0.5) is 0 Å². The molecule has 6 nitrogen and oxygen atoms in total. The molecule has 2 aromatic rings. The second-order valence-corrected chi connectivity index (χ2v) is 5.22. The monoisotopic (exact) mass is 356 g/mol. The van der Waals surface area contributed by atoms with Crippen LogP contribution in [0.5, 0.6) is 17.2 Å². The van der Waals surface area contributed by atoms with Crippen LogP contribution < -0.4 is 19.6 Å². The second-order valence-electron chi connectivity index (χ2n) is 5.22. The molecule has 2 rings (SSSR count). The number of hydrazone groups is 1. The van der Waals surface area contributed by atoms with Crippen molar-refractivity contribution < 1.29 is 19.0 Å². The molecule has 0 bridgehead atoms. The van der Waals surface area contributed by atoms with Gasteiger partial charge in [-0.15, -0.1) is 0 Å². The van der Waals surface area contributed by atoms with Crippen LogP contribution >= 0.6 is 0 Å². The van der Waals surface area contributed by atoms with Crippen LogP contribution in [0.15, 0.2) is 47.6 Å². The number of nitrogens with zero attached hydrogens (tertiary/aromatic N) is 1. The summed E-state index contributed by atoms with van der Waals surface area (Å²) in [6, 6.07) is 12.4. The highest BCUT2D eigenvalue weighted by atomic mass is 16.5. The third-order valence-corrected chi connectivity index (χ3v) is 3.39. The number of rotatable bonds is 9. The Morgan fingerprint density at radius 2 is 1.54 bits per heavy atom. The summed E-state index contributed by atoms with van der Waals surface area (Å²) in [5.41, 5.74) is 3.77. The number of ether oxygens (including phenoxy) is 3. The van der Waals surface area contributed by atoms with Crippen LogP contribution in [0.3, 0.4) is 0 Å². The molecular formula is C20H24N2O4. The molecule has 26 heavy (non-hydrogen) atoms. The predicted molar refractivity (Wildman–Crippen MR) is 101 cm³/mol. The van der Waals surface area contributed by atoms with Crippen LogP contribution in [0.1, 0.15) is 36.7 Å². The van der Waals surface area contributed by atoms with E-state index in [-0.39, 0.29) is 5.91 Å². The Bertz CT molecular complexity index is 742. The number of nitrogens with one attached hydrogen (secondary N) is 1. The molecule has 0 aromatic heterocycles. The Kier molecular flexibility index (Phi) is 7.49. The summed E-state index contributed by atoms with van der Waals surface area (Å²) in [4.78, 5) is 12.1. The van der Waals surface area contributed by atoms with Crippen molar-refractivity contribution in [1.29, 1.82) is 0 Å². The van der Waals surface area contributed by atoms with Crippen molar-refractivity contribution in [2.24, 2.45) is 5.10 Å². The number of amides is 1. The van der Waals surface area contributed by atoms with Gasteiger partial charge in [0.25, 0.3) is 5.91 Å². The van der Waals surface area contributed by atoms with Gasteiger partial charge in [0.2, 0.25) is 0 Å². The molecule has 0 aliphatic heterocycles. The summed E-state index contributed by atoms with van der Waals surface area (Å²) in [5, 5.41) is 4.02. The average molecular weight is 356 g/mol. The first-order chi connectivity index (χ1) is 12.7. The molecule has 0 fully saturated rings. The molecule has 0 spiro atoms. The molecular weight excluding hydrogens is 332 g/mol. The largest absolute Gasteiger partial charge is 0.494 e. The van der Waals surface area contributed by atoms with Crippen molar-refractivity contribution in [3.63, 3.8) is 0 Å². The molecule has 0 unspecified atom stereocenters. The van der Waals surface area contributed by atoms with Crippen molar-refractivity contribution in [2.45, 2.75) is 20.8 Å². The summed E-state index contributed by atoms with van der Waals surface area (Å²) >= 11 is 0. The van der Waals surface area contributed by atoms with Gasteiger partial charge in [0.15, 0.2) is 0 Å². The molecule has 0 aliphatic carbocycles. The zero-order valence-electron chi connectivity index (χ0n) is 15.3. The number of carbonyl (C=O) groups is 1. The van der Waals surface area contributed by atoms with Crippen LogP contribution in [-0.2, 0) is 0 Å². The molecule has 0 heterocycles. The van der Waals surface area contributed by atoms with Crippen LogP contribution in [0, 0.1) is 0 Å². The molecule has 0 aliphatic rings. The summed E-state index contributed by atoms with van der Waals surface area (Å²) in [5.74, 6) is 1.81. The first-order valence-corrected chi connectivity index (χ1v) is 8.63. The Balaban J connectivity index is 2.03. The third kappa shape index (κ3) is 5.51. The van der Waals surface area contributed by atoms with E-state index in [1.807, 2.05) is 39.0 Å². The van der Waals surface area contributed by atoms with Crippen molar-refractivity contribution in [2.75, 3.05) is 19.8 Å². The van der Waals surface area contributed by atoms with Crippen molar-refractivity contribution in [1.82, 2.24) is 5.43 Å². The van der Waals surface area contributed by atoms with Crippen LogP contribution in [0.2, 0.25) is 0 Å². The molecule has 0 saturated heterocycles. The lowest BCUT2D eigenvalue weighted by molar-refractivity contribution is 0.0955. The van der Waals surface area contributed by atoms with Gasteiger partial charge in [-0.05, 0) is 57.2 Å². The topological polar surface area (TPSA) is 69.2 Å². The number of carbonyl (C=O) groups excluding carboxylic acids is 1. The molecule has 0 atom stereocenters. The highest BCUT2D eigenvalue weighted by Gasteiger charge is 2.06.